The highest BCUT2D eigenvalue weighted by Crippen LogP contribution is 2.29. The Morgan fingerprint density at radius 2 is 1.91 bits per heavy atom. The third-order valence-electron chi connectivity index (χ3n) is 3.56. The quantitative estimate of drug-likeness (QED) is 0.840. The average Bonchev–Trinajstić information content (AvgIpc) is 2.66. The Kier molecular flexibility index (Phi) is 3.87. The van der Waals surface area contributed by atoms with Crippen LogP contribution in [0.5, 0.6) is 0 Å². The Labute approximate surface area is 125 Å². The molecule has 0 saturated carbocycles. The Morgan fingerprint density at radius 1 is 1.27 bits per heavy atom. The van der Waals surface area contributed by atoms with Crippen molar-refractivity contribution in [2.75, 3.05) is 20.6 Å². The zero-order valence-corrected chi connectivity index (χ0v) is 12.3. The highest BCUT2D eigenvalue weighted by atomic mass is 19.2. The fourth-order valence-electron chi connectivity index (χ4n) is 2.12. The van der Waals surface area contributed by atoms with E-state index in [1.165, 1.54) is 32.0 Å². The first-order valence-corrected chi connectivity index (χ1v) is 6.46. The van der Waals surface area contributed by atoms with Gasteiger partial charge in [-0.2, -0.15) is 0 Å². The maximum Gasteiger partial charge on any atom is 0.325 e. The summed E-state index contributed by atoms with van der Waals surface area (Å²) >= 11 is 0. The molecule has 0 radical (unpaired) electrons. The molecule has 4 amide bonds. The van der Waals surface area contributed by atoms with Crippen LogP contribution in [0.15, 0.2) is 18.2 Å². The van der Waals surface area contributed by atoms with Gasteiger partial charge in [-0.05, 0) is 24.6 Å². The van der Waals surface area contributed by atoms with E-state index in [2.05, 4.69) is 5.32 Å². The lowest BCUT2D eigenvalue weighted by molar-refractivity contribution is -0.137. The van der Waals surface area contributed by atoms with E-state index in [1.54, 1.807) is 0 Å². The van der Waals surface area contributed by atoms with Crippen molar-refractivity contribution in [1.29, 1.82) is 0 Å². The number of halogens is 2. The monoisotopic (exact) mass is 311 g/mol. The SMILES string of the molecule is CN(C)C(=O)CN1C(=O)NC(C)(c2ccc(F)c(F)c2)C1=O. The molecule has 1 fully saturated rings. The van der Waals surface area contributed by atoms with Crippen molar-refractivity contribution in [2.24, 2.45) is 0 Å². The van der Waals surface area contributed by atoms with Gasteiger partial charge in [0.05, 0.1) is 0 Å². The summed E-state index contributed by atoms with van der Waals surface area (Å²) in [7, 11) is 2.99. The lowest BCUT2D eigenvalue weighted by Crippen LogP contribution is -2.43. The van der Waals surface area contributed by atoms with Crippen LogP contribution < -0.4 is 5.32 Å². The molecular weight excluding hydrogens is 296 g/mol. The standard InChI is InChI=1S/C14H15F2N3O3/c1-14(8-4-5-9(15)10(16)6-8)12(21)19(13(22)17-14)7-11(20)18(2)3/h4-6H,7H2,1-3H3,(H,17,22). The number of amides is 4. The molecule has 0 aromatic heterocycles. The molecule has 1 aromatic carbocycles. The summed E-state index contributed by atoms with van der Waals surface area (Å²) in [5, 5.41) is 2.41. The topological polar surface area (TPSA) is 69.7 Å². The molecule has 22 heavy (non-hydrogen) atoms. The van der Waals surface area contributed by atoms with Crippen LogP contribution in [0.4, 0.5) is 13.6 Å². The second-order valence-corrected chi connectivity index (χ2v) is 5.36. The molecule has 0 aliphatic carbocycles. The number of rotatable bonds is 3. The molecule has 1 aliphatic heterocycles. The van der Waals surface area contributed by atoms with E-state index in [0.717, 1.165) is 17.0 Å². The van der Waals surface area contributed by atoms with Crippen molar-refractivity contribution in [3.05, 3.63) is 35.4 Å². The average molecular weight is 311 g/mol. The molecule has 8 heteroatoms. The first-order valence-electron chi connectivity index (χ1n) is 6.46. The van der Waals surface area contributed by atoms with Crippen molar-refractivity contribution in [1.82, 2.24) is 15.1 Å². The lowest BCUT2D eigenvalue weighted by atomic mass is 9.92. The van der Waals surface area contributed by atoms with Gasteiger partial charge in [-0.25, -0.2) is 13.6 Å². The van der Waals surface area contributed by atoms with Crippen molar-refractivity contribution < 1.29 is 23.2 Å². The van der Waals surface area contributed by atoms with Crippen molar-refractivity contribution >= 4 is 17.8 Å². The number of carbonyl (C=O) groups is 3. The second-order valence-electron chi connectivity index (χ2n) is 5.36. The van der Waals surface area contributed by atoms with Gasteiger partial charge in [0.2, 0.25) is 5.91 Å². The van der Waals surface area contributed by atoms with Gasteiger partial charge in [0.1, 0.15) is 12.1 Å². The van der Waals surface area contributed by atoms with Gasteiger partial charge in [0.15, 0.2) is 11.6 Å². The fourth-order valence-corrected chi connectivity index (χ4v) is 2.12. The minimum Gasteiger partial charge on any atom is -0.347 e. The molecule has 1 heterocycles. The first-order chi connectivity index (χ1) is 10.2. The van der Waals surface area contributed by atoms with Crippen LogP contribution >= 0.6 is 0 Å². The zero-order chi connectivity index (χ0) is 16.7. The molecule has 0 bridgehead atoms. The summed E-state index contributed by atoms with van der Waals surface area (Å²) < 4.78 is 26.4. The number of benzene rings is 1. The van der Waals surface area contributed by atoms with Crippen LogP contribution in [0.1, 0.15) is 12.5 Å². The number of nitrogens with zero attached hydrogens (tertiary/aromatic N) is 2. The third kappa shape index (κ3) is 2.51. The molecule has 1 atom stereocenters. The summed E-state index contributed by atoms with van der Waals surface area (Å²) in [5.41, 5.74) is -1.44. The molecule has 2 rings (SSSR count). The van der Waals surface area contributed by atoms with Gasteiger partial charge in [-0.1, -0.05) is 6.07 Å². The van der Waals surface area contributed by atoms with Crippen LogP contribution in [0.3, 0.4) is 0 Å². The Bertz CT molecular complexity index is 663. The zero-order valence-electron chi connectivity index (χ0n) is 12.3. The number of imide groups is 1. The molecule has 1 N–H and O–H groups in total. The Morgan fingerprint density at radius 3 is 2.45 bits per heavy atom. The van der Waals surface area contributed by atoms with Crippen molar-refractivity contribution in [3.63, 3.8) is 0 Å². The number of urea groups is 1. The van der Waals surface area contributed by atoms with Crippen LogP contribution in [0.2, 0.25) is 0 Å². The first kappa shape index (κ1) is 15.9. The van der Waals surface area contributed by atoms with Crippen molar-refractivity contribution in [2.45, 2.75) is 12.5 Å². The number of likely N-dealkylation sites (N-methyl/N-ethyl adjacent to an activating group) is 1. The molecule has 1 unspecified atom stereocenters. The van der Waals surface area contributed by atoms with Crippen LogP contribution in [0.25, 0.3) is 0 Å². The lowest BCUT2D eigenvalue weighted by Gasteiger charge is -2.22. The molecule has 6 nitrogen and oxygen atoms in total. The predicted molar refractivity (Wildman–Crippen MR) is 72.6 cm³/mol. The predicted octanol–water partition coefficient (Wildman–Crippen LogP) is 0.820. The van der Waals surface area contributed by atoms with E-state index >= 15 is 0 Å². The number of hydrogen-bond donors (Lipinski definition) is 1. The van der Waals surface area contributed by atoms with E-state index in [-0.39, 0.29) is 5.56 Å². The Hall–Kier alpha value is -2.51. The summed E-state index contributed by atoms with van der Waals surface area (Å²) in [6, 6.07) is 2.19. The van der Waals surface area contributed by atoms with Crippen molar-refractivity contribution in [3.8, 4) is 0 Å². The van der Waals surface area contributed by atoms with Gasteiger partial charge < -0.3 is 10.2 Å². The third-order valence-corrected chi connectivity index (χ3v) is 3.56. The molecule has 118 valence electrons. The second kappa shape index (κ2) is 5.36. The van der Waals surface area contributed by atoms with Gasteiger partial charge >= 0.3 is 6.03 Å². The minimum absolute atomic E-state index is 0.101. The summed E-state index contributed by atoms with van der Waals surface area (Å²) in [6.45, 7) is 0.955. The van der Waals surface area contributed by atoms with Crippen LogP contribution in [-0.4, -0.2) is 48.3 Å². The van der Waals surface area contributed by atoms with E-state index in [4.69, 9.17) is 0 Å². The normalized spacial score (nSPS) is 21.0. The summed E-state index contributed by atoms with van der Waals surface area (Å²) in [6.07, 6.45) is 0. The number of carbonyl (C=O) groups excluding carboxylic acids is 3. The van der Waals surface area contributed by atoms with E-state index < -0.39 is 41.6 Å². The molecule has 0 spiro atoms. The van der Waals surface area contributed by atoms with Crippen LogP contribution in [0, 0.1) is 11.6 Å². The Balaban J connectivity index is 2.33. The van der Waals surface area contributed by atoms with E-state index in [1.807, 2.05) is 0 Å². The maximum absolute atomic E-state index is 13.4. The number of nitrogens with one attached hydrogen (secondary N) is 1. The van der Waals surface area contributed by atoms with Gasteiger partial charge in [0.25, 0.3) is 5.91 Å². The van der Waals surface area contributed by atoms with Gasteiger partial charge in [0, 0.05) is 14.1 Å². The molecule has 1 aromatic rings. The van der Waals surface area contributed by atoms with Crippen LogP contribution in [-0.2, 0) is 15.1 Å². The summed E-state index contributed by atoms with van der Waals surface area (Å²) in [4.78, 5) is 38.1. The molecule has 1 saturated heterocycles. The largest absolute Gasteiger partial charge is 0.347 e. The van der Waals surface area contributed by atoms with E-state index in [0.29, 0.717) is 0 Å². The van der Waals surface area contributed by atoms with Gasteiger partial charge in [-0.3, -0.25) is 14.5 Å². The highest BCUT2D eigenvalue weighted by Gasteiger charge is 2.49. The summed E-state index contributed by atoms with van der Waals surface area (Å²) in [5.74, 6) is -3.30. The van der Waals surface area contributed by atoms with Gasteiger partial charge in [-0.15, -0.1) is 0 Å². The van der Waals surface area contributed by atoms with E-state index in [9.17, 15) is 23.2 Å². The molecule has 1 aliphatic rings. The smallest absolute Gasteiger partial charge is 0.325 e. The number of hydrogen-bond acceptors (Lipinski definition) is 3. The minimum atomic E-state index is -1.54. The molecular formula is C14H15F2N3O3. The highest BCUT2D eigenvalue weighted by molar-refractivity contribution is 6.09. The maximum atomic E-state index is 13.4. The fraction of sp³-hybridized carbons (Fsp3) is 0.357.